The molecule has 1 aliphatic rings. The number of hydrogen-bond acceptors (Lipinski definition) is 3. The van der Waals surface area contributed by atoms with Gasteiger partial charge in [-0.2, -0.15) is 0 Å². The molecule has 1 amide bonds. The summed E-state index contributed by atoms with van der Waals surface area (Å²) in [5.41, 5.74) is 6.23. The van der Waals surface area contributed by atoms with Crippen LogP contribution in [0.3, 0.4) is 0 Å². The largest absolute Gasteiger partial charge is 0.508 e. The van der Waals surface area contributed by atoms with E-state index in [-0.39, 0.29) is 17.7 Å². The number of nitrogens with two attached hydrogens (primary N) is 1. The number of carbonyl (C=O) groups excluding carboxylic acids is 1. The summed E-state index contributed by atoms with van der Waals surface area (Å²) >= 11 is 5.94. The van der Waals surface area contributed by atoms with Crippen LogP contribution in [0.4, 0.5) is 0 Å². The van der Waals surface area contributed by atoms with Gasteiger partial charge in [-0.05, 0) is 43.4 Å². The molecule has 5 heteroatoms. The predicted octanol–water partition coefficient (Wildman–Crippen LogP) is 2.29. The summed E-state index contributed by atoms with van der Waals surface area (Å²) in [5, 5.41) is 12.6. The molecule has 2 atom stereocenters. The van der Waals surface area contributed by atoms with Gasteiger partial charge in [0.05, 0.1) is 10.6 Å². The van der Waals surface area contributed by atoms with Crippen LogP contribution in [0.5, 0.6) is 5.75 Å². The Labute approximate surface area is 117 Å². The average molecular weight is 283 g/mol. The van der Waals surface area contributed by atoms with Crippen molar-refractivity contribution in [1.82, 2.24) is 5.32 Å². The fraction of sp³-hybridized carbons (Fsp3) is 0.500. The van der Waals surface area contributed by atoms with Crippen LogP contribution in [0.15, 0.2) is 18.2 Å². The topological polar surface area (TPSA) is 75.3 Å². The van der Waals surface area contributed by atoms with E-state index in [9.17, 15) is 9.90 Å². The number of nitrogens with one attached hydrogen (secondary N) is 1. The van der Waals surface area contributed by atoms with E-state index in [4.69, 9.17) is 17.3 Å². The SMILES string of the molecule is NC1CCCC(CNC(=O)c2cc(O)ccc2Cl)C1. The van der Waals surface area contributed by atoms with E-state index in [1.807, 2.05) is 0 Å². The molecule has 0 radical (unpaired) electrons. The van der Waals surface area contributed by atoms with Crippen LogP contribution < -0.4 is 11.1 Å². The molecule has 0 spiro atoms. The van der Waals surface area contributed by atoms with E-state index in [2.05, 4.69) is 5.32 Å². The van der Waals surface area contributed by atoms with Crippen LogP contribution in [0.2, 0.25) is 5.02 Å². The molecule has 104 valence electrons. The van der Waals surface area contributed by atoms with Gasteiger partial charge in [0.15, 0.2) is 0 Å². The van der Waals surface area contributed by atoms with Gasteiger partial charge >= 0.3 is 0 Å². The lowest BCUT2D eigenvalue weighted by Gasteiger charge is -2.26. The van der Waals surface area contributed by atoms with Crippen LogP contribution in [0.1, 0.15) is 36.0 Å². The Morgan fingerprint density at radius 1 is 1.47 bits per heavy atom. The van der Waals surface area contributed by atoms with E-state index in [0.717, 1.165) is 25.7 Å². The van der Waals surface area contributed by atoms with Crippen molar-refractivity contribution in [3.8, 4) is 5.75 Å². The smallest absolute Gasteiger partial charge is 0.252 e. The molecule has 1 fully saturated rings. The summed E-state index contributed by atoms with van der Waals surface area (Å²) in [4.78, 5) is 12.0. The molecule has 1 saturated carbocycles. The third-order valence-corrected chi connectivity index (χ3v) is 3.90. The Kier molecular flexibility index (Phi) is 4.66. The minimum absolute atomic E-state index is 0.0363. The molecule has 0 saturated heterocycles. The molecule has 0 bridgehead atoms. The first kappa shape index (κ1) is 14.2. The van der Waals surface area contributed by atoms with Crippen LogP contribution in [0.25, 0.3) is 0 Å². The van der Waals surface area contributed by atoms with E-state index in [0.29, 0.717) is 23.0 Å². The molecule has 4 nitrogen and oxygen atoms in total. The minimum atomic E-state index is -0.250. The normalized spacial score (nSPS) is 23.1. The zero-order chi connectivity index (χ0) is 13.8. The van der Waals surface area contributed by atoms with Crippen molar-refractivity contribution >= 4 is 17.5 Å². The quantitative estimate of drug-likeness (QED) is 0.796. The number of phenols is 1. The van der Waals surface area contributed by atoms with Gasteiger partial charge < -0.3 is 16.2 Å². The Morgan fingerprint density at radius 3 is 3.00 bits per heavy atom. The molecule has 2 rings (SSSR count). The van der Waals surface area contributed by atoms with Crippen LogP contribution >= 0.6 is 11.6 Å². The molecule has 2 unspecified atom stereocenters. The Bertz CT molecular complexity index is 465. The van der Waals surface area contributed by atoms with Crippen molar-refractivity contribution in [2.75, 3.05) is 6.54 Å². The Morgan fingerprint density at radius 2 is 2.26 bits per heavy atom. The van der Waals surface area contributed by atoms with Gasteiger partial charge in [0, 0.05) is 12.6 Å². The maximum absolute atomic E-state index is 12.0. The predicted molar refractivity (Wildman–Crippen MR) is 75.4 cm³/mol. The molecular weight excluding hydrogens is 264 g/mol. The maximum atomic E-state index is 12.0. The second kappa shape index (κ2) is 6.26. The zero-order valence-electron chi connectivity index (χ0n) is 10.7. The second-order valence-electron chi connectivity index (χ2n) is 5.17. The minimum Gasteiger partial charge on any atom is -0.508 e. The number of halogens is 1. The molecule has 4 N–H and O–H groups in total. The van der Waals surface area contributed by atoms with Gasteiger partial charge in [0.2, 0.25) is 0 Å². The number of rotatable bonds is 3. The van der Waals surface area contributed by atoms with Crippen LogP contribution in [-0.4, -0.2) is 23.6 Å². The molecule has 19 heavy (non-hydrogen) atoms. The molecular formula is C14H19ClN2O2. The molecule has 1 aromatic rings. The molecule has 1 aromatic carbocycles. The van der Waals surface area contributed by atoms with Crippen molar-refractivity contribution in [2.24, 2.45) is 11.7 Å². The van der Waals surface area contributed by atoms with Gasteiger partial charge in [-0.25, -0.2) is 0 Å². The van der Waals surface area contributed by atoms with Gasteiger partial charge in [-0.1, -0.05) is 18.0 Å². The number of phenolic OH excluding ortho intramolecular Hbond substituents is 1. The summed E-state index contributed by atoms with van der Waals surface area (Å²) in [6.45, 7) is 0.610. The third kappa shape index (κ3) is 3.85. The second-order valence-corrected chi connectivity index (χ2v) is 5.57. The van der Waals surface area contributed by atoms with Gasteiger partial charge in [0.25, 0.3) is 5.91 Å². The summed E-state index contributed by atoms with van der Waals surface area (Å²) in [7, 11) is 0. The molecule has 1 aliphatic carbocycles. The highest BCUT2D eigenvalue weighted by Gasteiger charge is 2.20. The maximum Gasteiger partial charge on any atom is 0.252 e. The highest BCUT2D eigenvalue weighted by Crippen LogP contribution is 2.23. The van der Waals surface area contributed by atoms with Crippen LogP contribution in [0, 0.1) is 5.92 Å². The number of benzene rings is 1. The lowest BCUT2D eigenvalue weighted by molar-refractivity contribution is 0.0942. The first-order valence-electron chi connectivity index (χ1n) is 6.58. The van der Waals surface area contributed by atoms with Gasteiger partial charge in [-0.15, -0.1) is 0 Å². The number of aromatic hydroxyl groups is 1. The lowest BCUT2D eigenvalue weighted by atomic mass is 9.86. The first-order valence-corrected chi connectivity index (χ1v) is 6.96. The summed E-state index contributed by atoms with van der Waals surface area (Å²) in [6, 6.07) is 4.60. The van der Waals surface area contributed by atoms with Gasteiger partial charge in [-0.3, -0.25) is 4.79 Å². The van der Waals surface area contributed by atoms with E-state index < -0.39 is 0 Å². The average Bonchev–Trinajstić information content (AvgIpc) is 2.39. The van der Waals surface area contributed by atoms with Crippen molar-refractivity contribution in [1.29, 1.82) is 0 Å². The lowest BCUT2D eigenvalue weighted by Crippen LogP contribution is -2.35. The highest BCUT2D eigenvalue weighted by molar-refractivity contribution is 6.33. The van der Waals surface area contributed by atoms with Crippen molar-refractivity contribution in [3.63, 3.8) is 0 Å². The summed E-state index contributed by atoms with van der Waals surface area (Å²) < 4.78 is 0. The highest BCUT2D eigenvalue weighted by atomic mass is 35.5. The van der Waals surface area contributed by atoms with Crippen molar-refractivity contribution in [3.05, 3.63) is 28.8 Å². The van der Waals surface area contributed by atoms with E-state index in [1.165, 1.54) is 18.2 Å². The summed E-state index contributed by atoms with van der Waals surface area (Å²) in [6.07, 6.45) is 4.24. The molecule has 0 aliphatic heterocycles. The summed E-state index contributed by atoms with van der Waals surface area (Å²) in [5.74, 6) is 0.220. The zero-order valence-corrected chi connectivity index (χ0v) is 11.5. The van der Waals surface area contributed by atoms with E-state index >= 15 is 0 Å². The fourth-order valence-corrected chi connectivity index (χ4v) is 2.74. The Hall–Kier alpha value is -1.26. The standard InChI is InChI=1S/C14H19ClN2O2/c15-13-5-4-11(18)7-12(13)14(19)17-8-9-2-1-3-10(16)6-9/h4-5,7,9-10,18H,1-3,6,8,16H2,(H,17,19). The van der Waals surface area contributed by atoms with Crippen LogP contribution in [-0.2, 0) is 0 Å². The van der Waals surface area contributed by atoms with E-state index in [1.54, 1.807) is 0 Å². The van der Waals surface area contributed by atoms with Crippen molar-refractivity contribution in [2.45, 2.75) is 31.7 Å². The first-order chi connectivity index (χ1) is 9.06. The fourth-order valence-electron chi connectivity index (χ4n) is 2.54. The molecule has 0 aromatic heterocycles. The molecule has 0 heterocycles. The van der Waals surface area contributed by atoms with Crippen molar-refractivity contribution < 1.29 is 9.90 Å². The number of hydrogen-bond donors (Lipinski definition) is 3. The third-order valence-electron chi connectivity index (χ3n) is 3.57. The Balaban J connectivity index is 1.92. The number of amides is 1. The monoisotopic (exact) mass is 282 g/mol. The van der Waals surface area contributed by atoms with Gasteiger partial charge in [0.1, 0.15) is 5.75 Å². The number of carbonyl (C=O) groups is 1.